The fourth-order valence-corrected chi connectivity index (χ4v) is 3.39. The van der Waals surface area contributed by atoms with E-state index in [0.717, 1.165) is 32.1 Å². The lowest BCUT2D eigenvalue weighted by atomic mass is 9.55. The van der Waals surface area contributed by atoms with Crippen LogP contribution in [0.15, 0.2) is 0 Å². The molecule has 0 radical (unpaired) electrons. The van der Waals surface area contributed by atoms with E-state index in [-0.39, 0.29) is 11.3 Å². The molecule has 3 nitrogen and oxygen atoms in total. The number of carboxylic acids is 1. The number of rotatable bonds is 1. The van der Waals surface area contributed by atoms with Crippen molar-refractivity contribution in [1.82, 2.24) is 0 Å². The molecule has 2 saturated carbocycles. The van der Waals surface area contributed by atoms with Crippen LogP contribution in [0.3, 0.4) is 0 Å². The topological polar surface area (TPSA) is 57.5 Å². The van der Waals surface area contributed by atoms with Crippen LogP contribution in [0.25, 0.3) is 0 Å². The summed E-state index contributed by atoms with van der Waals surface area (Å²) in [6.07, 6.45) is 6.10. The first kappa shape index (κ1) is 10.9. The van der Waals surface area contributed by atoms with Crippen LogP contribution in [0.1, 0.15) is 51.9 Å². The first-order valence-electron chi connectivity index (χ1n) is 5.92. The standard InChI is InChI=1S/C12H20O3/c1-11-5-2-3-6-12(11,15)8-9(4-7-11)10(13)14/h9,15H,2-8H2,1H3,(H,13,14). The maximum absolute atomic E-state index is 11.0. The summed E-state index contributed by atoms with van der Waals surface area (Å²) in [6, 6.07) is 0. The van der Waals surface area contributed by atoms with Gasteiger partial charge in [-0.25, -0.2) is 0 Å². The van der Waals surface area contributed by atoms with Gasteiger partial charge in [0.05, 0.1) is 11.5 Å². The predicted molar refractivity (Wildman–Crippen MR) is 56.5 cm³/mol. The number of carboxylic acid groups (broad SMARTS) is 1. The molecule has 15 heavy (non-hydrogen) atoms. The minimum atomic E-state index is -0.740. The van der Waals surface area contributed by atoms with Gasteiger partial charge >= 0.3 is 5.97 Å². The monoisotopic (exact) mass is 212 g/mol. The molecule has 0 aliphatic heterocycles. The molecule has 0 aromatic rings. The summed E-state index contributed by atoms with van der Waals surface area (Å²) >= 11 is 0. The van der Waals surface area contributed by atoms with Gasteiger partial charge in [0.25, 0.3) is 0 Å². The average Bonchev–Trinajstić information content (AvgIpc) is 2.17. The number of aliphatic hydroxyl groups is 1. The largest absolute Gasteiger partial charge is 0.481 e. The lowest BCUT2D eigenvalue weighted by Crippen LogP contribution is -2.53. The van der Waals surface area contributed by atoms with E-state index in [1.807, 2.05) is 0 Å². The van der Waals surface area contributed by atoms with Crippen LogP contribution in [-0.2, 0) is 4.79 Å². The van der Waals surface area contributed by atoms with Gasteiger partial charge in [0, 0.05) is 0 Å². The highest BCUT2D eigenvalue weighted by Crippen LogP contribution is 2.54. The molecule has 2 N–H and O–H groups in total. The summed E-state index contributed by atoms with van der Waals surface area (Å²) in [6.45, 7) is 2.13. The lowest BCUT2D eigenvalue weighted by Gasteiger charge is -2.53. The van der Waals surface area contributed by atoms with Gasteiger partial charge in [0.15, 0.2) is 0 Å². The van der Waals surface area contributed by atoms with Crippen molar-refractivity contribution < 1.29 is 15.0 Å². The van der Waals surface area contributed by atoms with Crippen LogP contribution in [0.2, 0.25) is 0 Å². The Morgan fingerprint density at radius 1 is 1.27 bits per heavy atom. The molecule has 0 aromatic carbocycles. The molecule has 0 heterocycles. The average molecular weight is 212 g/mol. The molecular formula is C12H20O3. The second kappa shape index (κ2) is 3.48. The summed E-state index contributed by atoms with van der Waals surface area (Å²) in [5, 5.41) is 19.6. The molecule has 0 spiro atoms. The van der Waals surface area contributed by atoms with Gasteiger partial charge < -0.3 is 10.2 Å². The summed E-state index contributed by atoms with van der Waals surface area (Å²) < 4.78 is 0. The van der Waals surface area contributed by atoms with E-state index in [0.29, 0.717) is 6.42 Å². The van der Waals surface area contributed by atoms with Crippen LogP contribution in [0, 0.1) is 11.3 Å². The van der Waals surface area contributed by atoms with E-state index in [9.17, 15) is 9.90 Å². The third-order valence-electron chi connectivity index (χ3n) is 4.67. The molecule has 0 aromatic heterocycles. The molecule has 3 atom stereocenters. The number of hydrogen-bond donors (Lipinski definition) is 2. The summed E-state index contributed by atoms with van der Waals surface area (Å²) in [5.41, 5.74) is -0.746. The Bertz CT molecular complexity index is 276. The van der Waals surface area contributed by atoms with E-state index in [1.165, 1.54) is 6.42 Å². The van der Waals surface area contributed by atoms with Crippen LogP contribution < -0.4 is 0 Å². The summed E-state index contributed by atoms with van der Waals surface area (Å²) in [5.74, 6) is -1.07. The van der Waals surface area contributed by atoms with Gasteiger partial charge in [0.2, 0.25) is 0 Å². The van der Waals surface area contributed by atoms with Gasteiger partial charge in [-0.05, 0) is 37.5 Å². The van der Waals surface area contributed by atoms with Crippen LogP contribution in [0.5, 0.6) is 0 Å². The van der Waals surface area contributed by atoms with Crippen molar-refractivity contribution in [3.8, 4) is 0 Å². The van der Waals surface area contributed by atoms with Gasteiger partial charge in [-0.15, -0.1) is 0 Å². The number of aliphatic carboxylic acids is 1. The Balaban J connectivity index is 2.18. The van der Waals surface area contributed by atoms with Crippen molar-refractivity contribution in [2.24, 2.45) is 11.3 Å². The van der Waals surface area contributed by atoms with E-state index < -0.39 is 11.6 Å². The van der Waals surface area contributed by atoms with Gasteiger partial charge in [-0.2, -0.15) is 0 Å². The second-order valence-electron chi connectivity index (χ2n) is 5.58. The van der Waals surface area contributed by atoms with Crippen molar-refractivity contribution in [2.75, 3.05) is 0 Å². The fourth-order valence-electron chi connectivity index (χ4n) is 3.39. The Hall–Kier alpha value is -0.570. The highest BCUT2D eigenvalue weighted by Gasteiger charge is 2.52. The first-order chi connectivity index (χ1) is 6.97. The van der Waals surface area contributed by atoms with E-state index in [4.69, 9.17) is 5.11 Å². The number of carbonyl (C=O) groups is 1. The van der Waals surface area contributed by atoms with Gasteiger partial charge in [-0.3, -0.25) is 4.79 Å². The van der Waals surface area contributed by atoms with Crippen LogP contribution in [-0.4, -0.2) is 21.8 Å². The Kier molecular flexibility index (Phi) is 2.53. The minimum Gasteiger partial charge on any atom is -0.481 e. The lowest BCUT2D eigenvalue weighted by molar-refractivity contribution is -0.167. The minimum absolute atomic E-state index is 0.0306. The highest BCUT2D eigenvalue weighted by molar-refractivity contribution is 5.70. The summed E-state index contributed by atoms with van der Waals surface area (Å²) in [4.78, 5) is 11.0. The zero-order valence-corrected chi connectivity index (χ0v) is 9.33. The van der Waals surface area contributed by atoms with Crippen molar-refractivity contribution in [3.05, 3.63) is 0 Å². The molecular weight excluding hydrogens is 192 g/mol. The molecule has 86 valence electrons. The van der Waals surface area contributed by atoms with Crippen LogP contribution >= 0.6 is 0 Å². The third-order valence-corrected chi connectivity index (χ3v) is 4.67. The van der Waals surface area contributed by atoms with E-state index in [2.05, 4.69) is 6.92 Å². The third kappa shape index (κ3) is 1.67. The van der Waals surface area contributed by atoms with Crippen molar-refractivity contribution in [3.63, 3.8) is 0 Å². The molecule has 2 aliphatic carbocycles. The van der Waals surface area contributed by atoms with Crippen molar-refractivity contribution in [2.45, 2.75) is 57.5 Å². The quantitative estimate of drug-likeness (QED) is 0.700. The SMILES string of the molecule is CC12CCCCC1(O)CC(C(=O)O)CC2. The van der Waals surface area contributed by atoms with Crippen LogP contribution in [0.4, 0.5) is 0 Å². The Morgan fingerprint density at radius 2 is 1.93 bits per heavy atom. The zero-order valence-electron chi connectivity index (χ0n) is 9.33. The number of hydrogen-bond acceptors (Lipinski definition) is 2. The maximum Gasteiger partial charge on any atom is 0.306 e. The molecule has 0 saturated heterocycles. The van der Waals surface area contributed by atoms with E-state index >= 15 is 0 Å². The first-order valence-corrected chi connectivity index (χ1v) is 5.92. The number of fused-ring (bicyclic) bond motifs is 1. The van der Waals surface area contributed by atoms with E-state index in [1.54, 1.807) is 0 Å². The summed E-state index contributed by atoms with van der Waals surface area (Å²) in [7, 11) is 0. The molecule has 2 rings (SSSR count). The Morgan fingerprint density at radius 3 is 2.60 bits per heavy atom. The smallest absolute Gasteiger partial charge is 0.306 e. The van der Waals surface area contributed by atoms with Crippen molar-refractivity contribution in [1.29, 1.82) is 0 Å². The molecule has 0 amide bonds. The fraction of sp³-hybridized carbons (Fsp3) is 0.917. The van der Waals surface area contributed by atoms with Gasteiger partial charge in [-0.1, -0.05) is 19.8 Å². The molecule has 3 heteroatoms. The maximum atomic E-state index is 11.0. The molecule has 3 unspecified atom stereocenters. The molecule has 2 aliphatic rings. The molecule has 2 fully saturated rings. The van der Waals surface area contributed by atoms with Crippen molar-refractivity contribution >= 4 is 5.97 Å². The predicted octanol–water partition coefficient (Wildman–Crippen LogP) is 2.18. The normalized spacial score (nSPS) is 45.9. The van der Waals surface area contributed by atoms with Gasteiger partial charge in [0.1, 0.15) is 0 Å². The Labute approximate surface area is 90.5 Å². The second-order valence-corrected chi connectivity index (χ2v) is 5.58. The molecule has 0 bridgehead atoms. The zero-order chi connectivity index (χ0) is 11.1. The highest BCUT2D eigenvalue weighted by atomic mass is 16.4.